The number of ether oxygens (including phenoxy) is 1. The van der Waals surface area contributed by atoms with Gasteiger partial charge >= 0.3 is 0 Å². The van der Waals surface area contributed by atoms with Crippen molar-refractivity contribution in [2.45, 2.75) is 31.7 Å². The number of methoxy groups -OCH3 is 1. The van der Waals surface area contributed by atoms with Crippen molar-refractivity contribution in [2.75, 3.05) is 20.3 Å². The Hall–Kier alpha value is -3.37. The molecule has 170 valence electrons. The van der Waals surface area contributed by atoms with Crippen LogP contribution in [0.25, 0.3) is 10.9 Å². The van der Waals surface area contributed by atoms with Gasteiger partial charge in [0.15, 0.2) is 0 Å². The SMILES string of the molecule is COCCCNC(=O)CC(Cc1ccccc1)c1cn(Cc2ccccc2)c2ccccc12. The molecular formula is C29H32N2O2. The van der Waals surface area contributed by atoms with E-state index in [1.165, 1.54) is 27.6 Å². The molecule has 33 heavy (non-hydrogen) atoms. The van der Waals surface area contributed by atoms with Crippen molar-refractivity contribution in [3.63, 3.8) is 0 Å². The minimum Gasteiger partial charge on any atom is -0.385 e. The Labute approximate surface area is 196 Å². The van der Waals surface area contributed by atoms with Crippen molar-refractivity contribution in [3.8, 4) is 0 Å². The van der Waals surface area contributed by atoms with Crippen LogP contribution in [0.2, 0.25) is 0 Å². The van der Waals surface area contributed by atoms with Crippen LogP contribution in [0.15, 0.2) is 91.1 Å². The van der Waals surface area contributed by atoms with Crippen LogP contribution in [0.3, 0.4) is 0 Å². The molecule has 1 amide bonds. The van der Waals surface area contributed by atoms with E-state index in [1.807, 2.05) is 12.1 Å². The molecule has 0 spiro atoms. The molecule has 0 bridgehead atoms. The van der Waals surface area contributed by atoms with E-state index < -0.39 is 0 Å². The summed E-state index contributed by atoms with van der Waals surface area (Å²) in [4.78, 5) is 12.9. The second-order valence-electron chi connectivity index (χ2n) is 8.50. The Morgan fingerprint density at radius 2 is 1.58 bits per heavy atom. The number of para-hydroxylation sites is 1. The highest BCUT2D eigenvalue weighted by Crippen LogP contribution is 2.33. The van der Waals surface area contributed by atoms with Gasteiger partial charge in [0.25, 0.3) is 0 Å². The summed E-state index contributed by atoms with van der Waals surface area (Å²) in [7, 11) is 1.68. The molecule has 4 aromatic rings. The van der Waals surface area contributed by atoms with Gasteiger partial charge in [-0.2, -0.15) is 0 Å². The summed E-state index contributed by atoms with van der Waals surface area (Å²) < 4.78 is 7.41. The molecule has 4 rings (SSSR count). The summed E-state index contributed by atoms with van der Waals surface area (Å²) in [6.45, 7) is 2.10. The second kappa shape index (κ2) is 11.5. The molecule has 0 saturated carbocycles. The molecule has 1 atom stereocenters. The third kappa shape index (κ3) is 6.11. The lowest BCUT2D eigenvalue weighted by molar-refractivity contribution is -0.121. The van der Waals surface area contributed by atoms with Gasteiger partial charge in [0.2, 0.25) is 5.91 Å². The minimum atomic E-state index is 0.0897. The molecule has 0 saturated heterocycles. The number of nitrogens with one attached hydrogen (secondary N) is 1. The van der Waals surface area contributed by atoms with E-state index in [2.05, 4.69) is 88.9 Å². The Balaban J connectivity index is 1.64. The third-order valence-electron chi connectivity index (χ3n) is 6.06. The molecular weight excluding hydrogens is 408 g/mol. The van der Waals surface area contributed by atoms with Gasteiger partial charge < -0.3 is 14.6 Å². The topological polar surface area (TPSA) is 43.3 Å². The molecule has 0 radical (unpaired) electrons. The number of aromatic nitrogens is 1. The molecule has 1 unspecified atom stereocenters. The molecule has 0 aliphatic carbocycles. The number of carbonyl (C=O) groups is 1. The van der Waals surface area contributed by atoms with Crippen molar-refractivity contribution in [1.82, 2.24) is 9.88 Å². The monoisotopic (exact) mass is 440 g/mol. The highest BCUT2D eigenvalue weighted by molar-refractivity contribution is 5.86. The highest BCUT2D eigenvalue weighted by atomic mass is 16.5. The van der Waals surface area contributed by atoms with E-state index in [1.54, 1.807) is 7.11 Å². The first-order valence-electron chi connectivity index (χ1n) is 11.7. The number of fused-ring (bicyclic) bond motifs is 1. The lowest BCUT2D eigenvalue weighted by Gasteiger charge is -2.17. The molecule has 1 heterocycles. The molecule has 0 aliphatic rings. The van der Waals surface area contributed by atoms with E-state index in [-0.39, 0.29) is 11.8 Å². The number of amides is 1. The van der Waals surface area contributed by atoms with Crippen LogP contribution in [0.5, 0.6) is 0 Å². The molecule has 0 fully saturated rings. The summed E-state index contributed by atoms with van der Waals surface area (Å²) in [6, 6.07) is 29.5. The predicted octanol–water partition coefficient (Wildman–Crippen LogP) is 5.56. The lowest BCUT2D eigenvalue weighted by Crippen LogP contribution is -2.27. The summed E-state index contributed by atoms with van der Waals surface area (Å²) in [5, 5.41) is 4.30. The highest BCUT2D eigenvalue weighted by Gasteiger charge is 2.21. The Kier molecular flexibility index (Phi) is 7.94. The second-order valence-corrected chi connectivity index (χ2v) is 8.50. The maximum Gasteiger partial charge on any atom is 0.220 e. The average molecular weight is 441 g/mol. The van der Waals surface area contributed by atoms with Gasteiger partial charge in [-0.05, 0) is 41.5 Å². The first-order chi connectivity index (χ1) is 16.2. The van der Waals surface area contributed by atoms with Crippen LogP contribution in [0, 0.1) is 0 Å². The van der Waals surface area contributed by atoms with Crippen LogP contribution in [0.4, 0.5) is 0 Å². The maximum atomic E-state index is 12.9. The fraction of sp³-hybridized carbons (Fsp3) is 0.276. The fourth-order valence-corrected chi connectivity index (χ4v) is 4.44. The Morgan fingerprint density at radius 3 is 2.30 bits per heavy atom. The van der Waals surface area contributed by atoms with Crippen LogP contribution in [0.1, 0.15) is 35.4 Å². The van der Waals surface area contributed by atoms with E-state index >= 15 is 0 Å². The number of hydrogen-bond donors (Lipinski definition) is 1. The number of rotatable bonds is 11. The first-order valence-corrected chi connectivity index (χ1v) is 11.7. The van der Waals surface area contributed by atoms with Gasteiger partial charge in [-0.3, -0.25) is 4.79 Å². The summed E-state index contributed by atoms with van der Waals surface area (Å²) in [5.74, 6) is 0.184. The Bertz CT molecular complexity index is 1150. The van der Waals surface area contributed by atoms with Crippen LogP contribution >= 0.6 is 0 Å². The summed E-state index contributed by atoms with van der Waals surface area (Å²) >= 11 is 0. The van der Waals surface area contributed by atoms with Crippen LogP contribution in [-0.4, -0.2) is 30.7 Å². The zero-order valence-corrected chi connectivity index (χ0v) is 19.2. The zero-order chi connectivity index (χ0) is 22.9. The molecule has 3 aromatic carbocycles. The lowest BCUT2D eigenvalue weighted by atomic mass is 9.88. The molecule has 1 N–H and O–H groups in total. The van der Waals surface area contributed by atoms with Crippen molar-refractivity contribution in [1.29, 1.82) is 0 Å². The normalized spacial score (nSPS) is 12.0. The number of nitrogens with zero attached hydrogens (tertiary/aromatic N) is 1. The summed E-state index contributed by atoms with van der Waals surface area (Å²) in [6.07, 6.45) is 4.36. The van der Waals surface area contributed by atoms with E-state index in [0.29, 0.717) is 19.6 Å². The van der Waals surface area contributed by atoms with Gasteiger partial charge in [-0.25, -0.2) is 0 Å². The number of benzene rings is 3. The van der Waals surface area contributed by atoms with Crippen molar-refractivity contribution in [3.05, 3.63) is 108 Å². The van der Waals surface area contributed by atoms with Gasteiger partial charge in [-0.1, -0.05) is 78.9 Å². The first kappa shape index (κ1) is 22.8. The van der Waals surface area contributed by atoms with Gasteiger partial charge in [0.1, 0.15) is 0 Å². The number of carbonyl (C=O) groups excluding carboxylic acids is 1. The quantitative estimate of drug-likeness (QED) is 0.310. The van der Waals surface area contributed by atoms with Crippen molar-refractivity contribution >= 4 is 16.8 Å². The predicted molar refractivity (Wildman–Crippen MR) is 134 cm³/mol. The molecule has 4 nitrogen and oxygen atoms in total. The van der Waals surface area contributed by atoms with E-state index in [9.17, 15) is 4.79 Å². The van der Waals surface area contributed by atoms with E-state index in [0.717, 1.165) is 19.4 Å². The van der Waals surface area contributed by atoms with Crippen LogP contribution in [-0.2, 0) is 22.5 Å². The number of hydrogen-bond acceptors (Lipinski definition) is 2. The van der Waals surface area contributed by atoms with Gasteiger partial charge in [0.05, 0.1) is 0 Å². The fourth-order valence-electron chi connectivity index (χ4n) is 4.44. The average Bonchev–Trinajstić information content (AvgIpc) is 3.21. The maximum absolute atomic E-state index is 12.9. The van der Waals surface area contributed by atoms with Crippen LogP contribution < -0.4 is 5.32 Å². The van der Waals surface area contributed by atoms with Crippen molar-refractivity contribution in [2.24, 2.45) is 0 Å². The minimum absolute atomic E-state index is 0.0897. The molecule has 0 aliphatic heterocycles. The van der Waals surface area contributed by atoms with Gasteiger partial charge in [0, 0.05) is 50.3 Å². The summed E-state index contributed by atoms with van der Waals surface area (Å²) in [5.41, 5.74) is 4.95. The third-order valence-corrected chi connectivity index (χ3v) is 6.06. The standard InChI is InChI=1S/C29H32N2O2/c1-33-18-10-17-30-29(32)20-25(19-23-11-4-2-5-12-23)27-22-31(21-24-13-6-3-7-14-24)28-16-9-8-15-26(27)28/h2-9,11-16,22,25H,10,17-21H2,1H3,(H,30,32). The van der Waals surface area contributed by atoms with Crippen molar-refractivity contribution < 1.29 is 9.53 Å². The largest absolute Gasteiger partial charge is 0.385 e. The van der Waals surface area contributed by atoms with E-state index in [4.69, 9.17) is 4.74 Å². The smallest absolute Gasteiger partial charge is 0.220 e. The molecule has 4 heteroatoms. The van der Waals surface area contributed by atoms with Gasteiger partial charge in [-0.15, -0.1) is 0 Å². The zero-order valence-electron chi connectivity index (χ0n) is 19.2. The molecule has 1 aromatic heterocycles. The Morgan fingerprint density at radius 1 is 0.909 bits per heavy atom.